The zero-order valence-electron chi connectivity index (χ0n) is 14.6. The van der Waals surface area contributed by atoms with Gasteiger partial charge in [-0.2, -0.15) is 0 Å². The van der Waals surface area contributed by atoms with Crippen LogP contribution in [0.3, 0.4) is 0 Å². The molecule has 0 radical (unpaired) electrons. The number of carbonyl (C=O) groups is 1. The lowest BCUT2D eigenvalue weighted by Crippen LogP contribution is -2.53. The normalized spacial score (nSPS) is 22.5. The predicted molar refractivity (Wildman–Crippen MR) is 96.3 cm³/mol. The summed E-state index contributed by atoms with van der Waals surface area (Å²) in [6.07, 6.45) is 3.96. The van der Waals surface area contributed by atoms with Crippen LogP contribution in [0.15, 0.2) is 24.3 Å². The molecule has 2 heterocycles. The van der Waals surface area contributed by atoms with Crippen LogP contribution in [0.1, 0.15) is 31.2 Å². The highest BCUT2D eigenvalue weighted by atomic mass is 16.3. The van der Waals surface area contributed by atoms with E-state index in [4.69, 9.17) is 0 Å². The quantitative estimate of drug-likeness (QED) is 0.894. The van der Waals surface area contributed by atoms with Crippen molar-refractivity contribution in [2.45, 2.75) is 38.6 Å². The summed E-state index contributed by atoms with van der Waals surface area (Å²) >= 11 is 0. The summed E-state index contributed by atoms with van der Waals surface area (Å²) in [4.78, 5) is 16.7. The van der Waals surface area contributed by atoms with Crippen molar-refractivity contribution in [3.05, 3.63) is 29.8 Å². The van der Waals surface area contributed by atoms with E-state index in [0.717, 1.165) is 51.9 Å². The van der Waals surface area contributed by atoms with Gasteiger partial charge in [-0.25, -0.2) is 4.79 Å². The Morgan fingerprint density at radius 1 is 1.17 bits per heavy atom. The zero-order valence-corrected chi connectivity index (χ0v) is 14.6. The summed E-state index contributed by atoms with van der Waals surface area (Å²) in [7, 11) is 0. The highest BCUT2D eigenvalue weighted by molar-refractivity contribution is 5.74. The Morgan fingerprint density at radius 3 is 2.54 bits per heavy atom. The van der Waals surface area contributed by atoms with Crippen molar-refractivity contribution in [2.75, 3.05) is 37.7 Å². The molecule has 2 aliphatic rings. The summed E-state index contributed by atoms with van der Waals surface area (Å²) in [5.41, 5.74) is 2.51. The maximum absolute atomic E-state index is 12.5. The van der Waals surface area contributed by atoms with Gasteiger partial charge in [0.1, 0.15) is 0 Å². The Hall–Kier alpha value is -1.75. The Kier molecular flexibility index (Phi) is 5.61. The van der Waals surface area contributed by atoms with Crippen molar-refractivity contribution in [1.82, 2.24) is 10.2 Å². The molecule has 2 N–H and O–H groups in total. The molecule has 1 aromatic carbocycles. The van der Waals surface area contributed by atoms with Crippen LogP contribution in [-0.4, -0.2) is 54.9 Å². The van der Waals surface area contributed by atoms with Crippen molar-refractivity contribution in [3.8, 4) is 0 Å². The SMILES string of the molecule is Cc1ccc(N2CCCC(NC(=O)N3CCC(CO)CC3)C2)cc1. The number of piperidine rings is 2. The van der Waals surface area contributed by atoms with E-state index in [2.05, 4.69) is 41.4 Å². The number of hydrogen-bond donors (Lipinski definition) is 2. The van der Waals surface area contributed by atoms with Crippen LogP contribution in [-0.2, 0) is 0 Å². The Labute approximate surface area is 144 Å². The van der Waals surface area contributed by atoms with Crippen molar-refractivity contribution < 1.29 is 9.90 Å². The largest absolute Gasteiger partial charge is 0.396 e. The van der Waals surface area contributed by atoms with E-state index in [9.17, 15) is 9.90 Å². The zero-order chi connectivity index (χ0) is 16.9. The van der Waals surface area contributed by atoms with E-state index in [1.54, 1.807) is 0 Å². The van der Waals surface area contributed by atoms with Gasteiger partial charge in [-0.05, 0) is 50.7 Å². The number of amides is 2. The standard InChI is InChI=1S/C19H29N3O2/c1-15-4-6-18(7-5-15)22-10-2-3-17(13-22)20-19(24)21-11-8-16(14-23)9-12-21/h4-7,16-17,23H,2-3,8-14H2,1H3,(H,20,24). The van der Waals surface area contributed by atoms with Crippen molar-refractivity contribution in [1.29, 1.82) is 0 Å². The average molecular weight is 331 g/mol. The fourth-order valence-corrected chi connectivity index (χ4v) is 3.67. The lowest BCUT2D eigenvalue weighted by molar-refractivity contribution is 0.135. The van der Waals surface area contributed by atoms with Crippen molar-refractivity contribution >= 4 is 11.7 Å². The summed E-state index contributed by atoms with van der Waals surface area (Å²) in [5, 5.41) is 12.4. The van der Waals surface area contributed by atoms with Crippen LogP contribution in [0, 0.1) is 12.8 Å². The van der Waals surface area contributed by atoms with Gasteiger partial charge in [0.25, 0.3) is 0 Å². The molecule has 1 unspecified atom stereocenters. The molecule has 5 nitrogen and oxygen atoms in total. The van der Waals surface area contributed by atoms with E-state index in [1.807, 2.05) is 4.90 Å². The van der Waals surface area contributed by atoms with Gasteiger partial charge in [-0.15, -0.1) is 0 Å². The first-order valence-corrected chi connectivity index (χ1v) is 9.13. The Bertz CT molecular complexity index is 538. The summed E-state index contributed by atoms with van der Waals surface area (Å²) in [5.74, 6) is 0.362. The molecule has 2 saturated heterocycles. The molecule has 5 heteroatoms. The lowest BCUT2D eigenvalue weighted by Gasteiger charge is -2.37. The number of rotatable bonds is 3. The van der Waals surface area contributed by atoms with Crippen LogP contribution in [0.25, 0.3) is 0 Å². The maximum Gasteiger partial charge on any atom is 0.317 e. The molecule has 0 spiro atoms. The van der Waals surface area contributed by atoms with Gasteiger partial charge in [0, 0.05) is 44.5 Å². The van der Waals surface area contributed by atoms with Crippen molar-refractivity contribution in [2.24, 2.45) is 5.92 Å². The molecule has 0 bridgehead atoms. The smallest absolute Gasteiger partial charge is 0.317 e. The third-order valence-electron chi connectivity index (χ3n) is 5.31. The lowest BCUT2D eigenvalue weighted by atomic mass is 9.98. The topological polar surface area (TPSA) is 55.8 Å². The monoisotopic (exact) mass is 331 g/mol. The number of anilines is 1. The number of urea groups is 1. The minimum atomic E-state index is 0.0575. The number of aryl methyl sites for hydroxylation is 1. The average Bonchev–Trinajstić information content (AvgIpc) is 2.62. The molecule has 0 aliphatic carbocycles. The van der Waals surface area contributed by atoms with E-state index >= 15 is 0 Å². The molecule has 0 saturated carbocycles. The molecule has 2 amide bonds. The van der Waals surface area contributed by atoms with Crippen LogP contribution >= 0.6 is 0 Å². The Morgan fingerprint density at radius 2 is 1.88 bits per heavy atom. The molecule has 2 fully saturated rings. The molecule has 132 valence electrons. The van der Waals surface area contributed by atoms with Gasteiger partial charge in [0.05, 0.1) is 0 Å². The predicted octanol–water partition coefficient (Wildman–Crippen LogP) is 2.38. The summed E-state index contributed by atoms with van der Waals surface area (Å²) < 4.78 is 0. The minimum Gasteiger partial charge on any atom is -0.396 e. The van der Waals surface area contributed by atoms with Crippen LogP contribution < -0.4 is 10.2 Å². The molecular weight excluding hydrogens is 302 g/mol. The molecule has 0 aromatic heterocycles. The van der Waals surface area contributed by atoms with E-state index in [0.29, 0.717) is 5.92 Å². The molecule has 3 rings (SSSR count). The first kappa shape index (κ1) is 17.1. The van der Waals surface area contributed by atoms with Crippen LogP contribution in [0.4, 0.5) is 10.5 Å². The maximum atomic E-state index is 12.5. The number of carbonyl (C=O) groups excluding carboxylic acids is 1. The second-order valence-electron chi connectivity index (χ2n) is 7.18. The molecular formula is C19H29N3O2. The fourth-order valence-electron chi connectivity index (χ4n) is 3.67. The number of nitrogens with zero attached hydrogens (tertiary/aromatic N) is 2. The summed E-state index contributed by atoms with van der Waals surface area (Å²) in [6, 6.07) is 8.88. The van der Waals surface area contributed by atoms with Crippen LogP contribution in [0.5, 0.6) is 0 Å². The minimum absolute atomic E-state index is 0.0575. The van der Waals surface area contributed by atoms with E-state index in [-0.39, 0.29) is 18.7 Å². The van der Waals surface area contributed by atoms with Gasteiger partial charge in [-0.3, -0.25) is 0 Å². The number of likely N-dealkylation sites (tertiary alicyclic amines) is 1. The number of aliphatic hydroxyl groups is 1. The number of hydrogen-bond acceptors (Lipinski definition) is 3. The molecule has 2 aliphatic heterocycles. The third-order valence-corrected chi connectivity index (χ3v) is 5.31. The number of aliphatic hydroxyl groups excluding tert-OH is 1. The first-order valence-electron chi connectivity index (χ1n) is 9.13. The first-order chi connectivity index (χ1) is 11.7. The second-order valence-corrected chi connectivity index (χ2v) is 7.18. The fraction of sp³-hybridized carbons (Fsp3) is 0.632. The highest BCUT2D eigenvalue weighted by Crippen LogP contribution is 2.21. The molecule has 24 heavy (non-hydrogen) atoms. The van der Waals surface area contributed by atoms with Gasteiger partial charge < -0.3 is 20.2 Å². The third kappa shape index (κ3) is 4.20. The highest BCUT2D eigenvalue weighted by Gasteiger charge is 2.26. The summed E-state index contributed by atoms with van der Waals surface area (Å²) in [6.45, 7) is 5.78. The number of benzene rings is 1. The van der Waals surface area contributed by atoms with E-state index in [1.165, 1.54) is 11.3 Å². The number of nitrogens with one attached hydrogen (secondary N) is 1. The van der Waals surface area contributed by atoms with Gasteiger partial charge in [0.15, 0.2) is 0 Å². The van der Waals surface area contributed by atoms with Gasteiger partial charge in [0.2, 0.25) is 0 Å². The molecule has 1 aromatic rings. The van der Waals surface area contributed by atoms with Gasteiger partial charge >= 0.3 is 6.03 Å². The van der Waals surface area contributed by atoms with Crippen LogP contribution in [0.2, 0.25) is 0 Å². The van der Waals surface area contributed by atoms with Gasteiger partial charge in [-0.1, -0.05) is 17.7 Å². The van der Waals surface area contributed by atoms with Crippen molar-refractivity contribution in [3.63, 3.8) is 0 Å². The Balaban J connectivity index is 1.51. The van der Waals surface area contributed by atoms with E-state index < -0.39 is 0 Å². The molecule has 1 atom stereocenters. The second kappa shape index (κ2) is 7.88.